The van der Waals surface area contributed by atoms with Crippen molar-refractivity contribution in [2.75, 3.05) is 26.3 Å². The molecule has 1 aliphatic rings. The monoisotopic (exact) mass is 209 g/mol. The zero-order chi connectivity index (χ0) is 11.1. The van der Waals surface area contributed by atoms with Crippen LogP contribution in [-0.4, -0.2) is 26.3 Å². The summed E-state index contributed by atoms with van der Waals surface area (Å²) >= 11 is 0. The lowest BCUT2D eigenvalue weighted by atomic mass is 9.91. The summed E-state index contributed by atoms with van der Waals surface area (Å²) in [6, 6.07) is 0. The van der Waals surface area contributed by atoms with E-state index in [1.807, 2.05) is 6.92 Å². The molecule has 0 aromatic rings. The van der Waals surface area contributed by atoms with Gasteiger partial charge in [0.1, 0.15) is 0 Å². The minimum atomic E-state index is 0.0882. The van der Waals surface area contributed by atoms with Gasteiger partial charge in [-0.25, -0.2) is 0 Å². The summed E-state index contributed by atoms with van der Waals surface area (Å²) in [7, 11) is 0. The van der Waals surface area contributed by atoms with Crippen LogP contribution in [0.2, 0.25) is 0 Å². The number of hydrogen-bond donors (Lipinski definition) is 1. The molecule has 0 bridgehead atoms. The molecule has 0 aromatic heterocycles. The van der Waals surface area contributed by atoms with E-state index < -0.39 is 0 Å². The maximum atomic E-state index is 5.54. The van der Waals surface area contributed by atoms with Gasteiger partial charge in [0, 0.05) is 18.6 Å². The number of allylic oxidation sites excluding steroid dienone is 2. The molecule has 0 saturated carbocycles. The highest BCUT2D eigenvalue weighted by atomic mass is 16.5. The quantitative estimate of drug-likeness (QED) is 0.695. The summed E-state index contributed by atoms with van der Waals surface area (Å²) in [6.07, 6.45) is 8.68. The molecule has 15 heavy (non-hydrogen) atoms. The first-order chi connectivity index (χ1) is 7.18. The fourth-order valence-electron chi connectivity index (χ4n) is 1.70. The van der Waals surface area contributed by atoms with E-state index in [4.69, 9.17) is 4.74 Å². The standard InChI is InChI=1S/C13H23NO/c1-4-15-11-13(7-5-6-8-13)10-14-9-12(2)3/h5-8,12,14H,4,9-11H2,1-3H3. The van der Waals surface area contributed by atoms with Crippen molar-refractivity contribution >= 4 is 0 Å². The summed E-state index contributed by atoms with van der Waals surface area (Å²) < 4.78 is 5.54. The normalized spacial score (nSPS) is 17.9. The topological polar surface area (TPSA) is 21.3 Å². The summed E-state index contributed by atoms with van der Waals surface area (Å²) in [5.74, 6) is 0.698. The largest absolute Gasteiger partial charge is 0.380 e. The van der Waals surface area contributed by atoms with Crippen LogP contribution in [0.5, 0.6) is 0 Å². The van der Waals surface area contributed by atoms with E-state index in [0.717, 1.165) is 26.3 Å². The Labute approximate surface area is 93.4 Å². The van der Waals surface area contributed by atoms with E-state index >= 15 is 0 Å². The van der Waals surface area contributed by atoms with Crippen LogP contribution in [0.4, 0.5) is 0 Å². The van der Waals surface area contributed by atoms with E-state index in [-0.39, 0.29) is 5.41 Å². The zero-order valence-corrected chi connectivity index (χ0v) is 10.1. The molecule has 0 unspecified atom stereocenters. The van der Waals surface area contributed by atoms with Crippen LogP contribution < -0.4 is 5.32 Å². The highest BCUT2D eigenvalue weighted by Crippen LogP contribution is 2.25. The molecule has 0 radical (unpaired) electrons. The third-order valence-corrected chi connectivity index (χ3v) is 2.55. The number of ether oxygens (including phenoxy) is 1. The van der Waals surface area contributed by atoms with Crippen molar-refractivity contribution in [1.82, 2.24) is 5.32 Å². The van der Waals surface area contributed by atoms with Crippen LogP contribution in [0.25, 0.3) is 0 Å². The molecule has 0 aromatic carbocycles. The Kier molecular flexibility index (Phi) is 5.06. The zero-order valence-electron chi connectivity index (χ0n) is 10.1. The van der Waals surface area contributed by atoms with Gasteiger partial charge in [0.25, 0.3) is 0 Å². The molecule has 1 aliphatic carbocycles. The van der Waals surface area contributed by atoms with Crippen molar-refractivity contribution in [3.05, 3.63) is 24.3 Å². The highest BCUT2D eigenvalue weighted by Gasteiger charge is 2.25. The van der Waals surface area contributed by atoms with Crippen LogP contribution in [0.15, 0.2) is 24.3 Å². The van der Waals surface area contributed by atoms with Crippen molar-refractivity contribution in [3.8, 4) is 0 Å². The summed E-state index contributed by atoms with van der Waals surface area (Å²) in [4.78, 5) is 0. The second-order valence-corrected chi connectivity index (χ2v) is 4.61. The minimum absolute atomic E-state index is 0.0882. The number of hydrogen-bond acceptors (Lipinski definition) is 2. The van der Waals surface area contributed by atoms with Crippen molar-refractivity contribution < 1.29 is 4.74 Å². The third-order valence-electron chi connectivity index (χ3n) is 2.55. The van der Waals surface area contributed by atoms with Gasteiger partial charge in [0.15, 0.2) is 0 Å². The van der Waals surface area contributed by atoms with Crippen LogP contribution in [0.1, 0.15) is 20.8 Å². The Balaban J connectivity index is 2.37. The molecule has 0 saturated heterocycles. The third kappa shape index (κ3) is 4.18. The SMILES string of the molecule is CCOCC1(CNCC(C)C)C=CC=C1. The average molecular weight is 209 g/mol. The van der Waals surface area contributed by atoms with Crippen LogP contribution in [0.3, 0.4) is 0 Å². The predicted octanol–water partition coefficient (Wildman–Crippen LogP) is 2.38. The molecule has 0 aliphatic heterocycles. The first-order valence-electron chi connectivity index (χ1n) is 5.84. The van der Waals surface area contributed by atoms with E-state index in [1.54, 1.807) is 0 Å². The molecule has 0 heterocycles. The van der Waals surface area contributed by atoms with Crippen molar-refractivity contribution in [1.29, 1.82) is 0 Å². The van der Waals surface area contributed by atoms with E-state index in [0.29, 0.717) is 5.92 Å². The first-order valence-corrected chi connectivity index (χ1v) is 5.84. The molecule has 0 fully saturated rings. The molecule has 86 valence electrons. The average Bonchev–Trinajstić information content (AvgIpc) is 2.64. The highest BCUT2D eigenvalue weighted by molar-refractivity contribution is 5.25. The van der Waals surface area contributed by atoms with Crippen molar-refractivity contribution in [3.63, 3.8) is 0 Å². The van der Waals surface area contributed by atoms with Gasteiger partial charge in [-0.05, 0) is 19.4 Å². The molecule has 0 spiro atoms. The van der Waals surface area contributed by atoms with Crippen molar-refractivity contribution in [2.24, 2.45) is 11.3 Å². The number of rotatable bonds is 7. The van der Waals surface area contributed by atoms with Gasteiger partial charge in [-0.3, -0.25) is 0 Å². The second-order valence-electron chi connectivity index (χ2n) is 4.61. The van der Waals surface area contributed by atoms with Crippen LogP contribution >= 0.6 is 0 Å². The van der Waals surface area contributed by atoms with Crippen molar-refractivity contribution in [2.45, 2.75) is 20.8 Å². The van der Waals surface area contributed by atoms with E-state index in [1.165, 1.54) is 0 Å². The van der Waals surface area contributed by atoms with Gasteiger partial charge in [0.05, 0.1) is 6.61 Å². The number of nitrogens with one attached hydrogen (secondary N) is 1. The Morgan fingerprint density at radius 1 is 1.27 bits per heavy atom. The summed E-state index contributed by atoms with van der Waals surface area (Å²) in [5.41, 5.74) is 0.0882. The maximum Gasteiger partial charge on any atom is 0.0604 e. The molecule has 2 nitrogen and oxygen atoms in total. The smallest absolute Gasteiger partial charge is 0.0604 e. The molecular weight excluding hydrogens is 186 g/mol. The van der Waals surface area contributed by atoms with Gasteiger partial charge in [-0.1, -0.05) is 38.2 Å². The fraction of sp³-hybridized carbons (Fsp3) is 0.692. The molecule has 0 amide bonds. The Bertz CT molecular complexity index is 219. The van der Waals surface area contributed by atoms with E-state index in [2.05, 4.69) is 43.5 Å². The summed E-state index contributed by atoms with van der Waals surface area (Å²) in [6.45, 7) is 10.1. The Morgan fingerprint density at radius 2 is 1.93 bits per heavy atom. The van der Waals surface area contributed by atoms with Gasteiger partial charge >= 0.3 is 0 Å². The molecule has 0 atom stereocenters. The van der Waals surface area contributed by atoms with Gasteiger partial charge in [-0.2, -0.15) is 0 Å². The van der Waals surface area contributed by atoms with Crippen LogP contribution in [-0.2, 0) is 4.74 Å². The lowest BCUT2D eigenvalue weighted by Gasteiger charge is -2.26. The van der Waals surface area contributed by atoms with Gasteiger partial charge < -0.3 is 10.1 Å². The van der Waals surface area contributed by atoms with Crippen LogP contribution in [0, 0.1) is 11.3 Å². The van der Waals surface area contributed by atoms with Gasteiger partial charge in [0.2, 0.25) is 0 Å². The lowest BCUT2D eigenvalue weighted by molar-refractivity contribution is 0.0978. The molecular formula is C13H23NO. The maximum absolute atomic E-state index is 5.54. The Morgan fingerprint density at radius 3 is 2.47 bits per heavy atom. The minimum Gasteiger partial charge on any atom is -0.380 e. The first kappa shape index (κ1) is 12.5. The van der Waals surface area contributed by atoms with E-state index in [9.17, 15) is 0 Å². The molecule has 1 rings (SSSR count). The van der Waals surface area contributed by atoms with Gasteiger partial charge in [-0.15, -0.1) is 0 Å². The molecule has 2 heteroatoms. The fourth-order valence-corrected chi connectivity index (χ4v) is 1.70. The lowest BCUT2D eigenvalue weighted by Crippen LogP contribution is -2.36. The Hall–Kier alpha value is -0.600. The second kappa shape index (κ2) is 6.09. The molecule has 1 N–H and O–H groups in total. The summed E-state index contributed by atoms with van der Waals surface area (Å²) in [5, 5.41) is 3.49. The predicted molar refractivity (Wildman–Crippen MR) is 64.9 cm³/mol.